The highest BCUT2D eigenvalue weighted by atomic mass is 19.0. The Morgan fingerprint density at radius 2 is 1.77 bits per heavy atom. The molecular formula is C17H29FO4. The van der Waals surface area contributed by atoms with Crippen molar-refractivity contribution in [1.82, 2.24) is 0 Å². The summed E-state index contributed by atoms with van der Waals surface area (Å²) in [7, 11) is 0. The van der Waals surface area contributed by atoms with Crippen LogP contribution in [-0.4, -0.2) is 23.8 Å². The van der Waals surface area contributed by atoms with Gasteiger partial charge in [0.05, 0.1) is 6.10 Å². The van der Waals surface area contributed by atoms with Gasteiger partial charge in [0.25, 0.3) is 0 Å². The Hall–Kier alpha value is -0.230. The van der Waals surface area contributed by atoms with E-state index in [4.69, 9.17) is 19.2 Å². The lowest BCUT2D eigenvalue weighted by Gasteiger charge is -2.63. The van der Waals surface area contributed by atoms with Crippen molar-refractivity contribution < 1.29 is 24.0 Å². The molecule has 4 aliphatic heterocycles. The fourth-order valence-corrected chi connectivity index (χ4v) is 5.59. The van der Waals surface area contributed by atoms with E-state index >= 15 is 0 Å². The number of ether oxygens (including phenoxy) is 2. The Morgan fingerprint density at radius 3 is 2.50 bits per heavy atom. The van der Waals surface area contributed by atoms with Crippen LogP contribution in [0.15, 0.2) is 0 Å². The topological polar surface area (TPSA) is 36.9 Å². The molecule has 2 bridgehead atoms. The number of hydrogen-bond acceptors (Lipinski definition) is 4. The van der Waals surface area contributed by atoms with Crippen LogP contribution in [0.25, 0.3) is 0 Å². The number of rotatable bonds is 0. The first-order chi connectivity index (χ1) is 9.62. The standard InChI is InChI=1S/C16H24O4.CH4.FH/c1-9-3-5-12-10-4-6-13(10)17-14-16(12)11(9)7-8-15(2,18-14)19-20-16;;/h9-14H,3-8H2,1-2H3;1H4;1H/t9-,10-,11?,12+,13-,14-,15?,16-;;/m1../s1. The highest BCUT2D eigenvalue weighted by Crippen LogP contribution is 2.63. The average molecular weight is 316 g/mol. The van der Waals surface area contributed by atoms with Crippen LogP contribution in [0, 0.1) is 23.7 Å². The summed E-state index contributed by atoms with van der Waals surface area (Å²) in [5.74, 6) is 1.78. The van der Waals surface area contributed by atoms with E-state index in [0.717, 1.165) is 12.8 Å². The predicted molar refractivity (Wildman–Crippen MR) is 79.6 cm³/mol. The van der Waals surface area contributed by atoms with Gasteiger partial charge < -0.3 is 9.47 Å². The van der Waals surface area contributed by atoms with E-state index in [-0.39, 0.29) is 24.0 Å². The molecule has 22 heavy (non-hydrogen) atoms. The van der Waals surface area contributed by atoms with Crippen molar-refractivity contribution in [3.8, 4) is 0 Å². The molecule has 4 nitrogen and oxygen atoms in total. The van der Waals surface area contributed by atoms with Crippen LogP contribution in [0.5, 0.6) is 0 Å². The summed E-state index contributed by atoms with van der Waals surface area (Å²) >= 11 is 0. The molecule has 0 amide bonds. The fourth-order valence-electron chi connectivity index (χ4n) is 5.59. The first-order valence-electron chi connectivity index (χ1n) is 8.32. The van der Waals surface area contributed by atoms with Crippen LogP contribution in [-0.2, 0) is 19.2 Å². The van der Waals surface area contributed by atoms with Gasteiger partial charge in [-0.2, -0.15) is 0 Å². The first-order valence-corrected chi connectivity index (χ1v) is 8.32. The molecule has 4 saturated heterocycles. The predicted octanol–water partition coefficient (Wildman–Crippen LogP) is 3.80. The minimum atomic E-state index is -0.617. The lowest BCUT2D eigenvalue weighted by atomic mass is 9.54. The zero-order valence-corrected chi connectivity index (χ0v) is 12.7. The SMILES string of the molecule is C.C[C@@H]1CC[C@H]2[C@H]3CC[C@H]3O[C@@H]3OC4(C)CCC1[C@]32OO4.F. The molecule has 6 aliphatic rings. The van der Waals surface area contributed by atoms with Gasteiger partial charge in [-0.15, -0.1) is 0 Å². The highest BCUT2D eigenvalue weighted by Gasteiger charge is 2.70. The fraction of sp³-hybridized carbons (Fsp3) is 1.00. The second kappa shape index (κ2) is 5.13. The van der Waals surface area contributed by atoms with Crippen molar-refractivity contribution in [3.63, 3.8) is 0 Å². The smallest absolute Gasteiger partial charge is 0.201 e. The third-order valence-corrected chi connectivity index (χ3v) is 6.85. The van der Waals surface area contributed by atoms with E-state index in [2.05, 4.69) is 6.92 Å². The Bertz CT molecular complexity index is 442. The summed E-state index contributed by atoms with van der Waals surface area (Å²) < 4.78 is 12.6. The van der Waals surface area contributed by atoms with E-state index in [1.807, 2.05) is 6.92 Å². The molecule has 6 fully saturated rings. The molecule has 2 unspecified atom stereocenters. The van der Waals surface area contributed by atoms with Crippen molar-refractivity contribution in [1.29, 1.82) is 0 Å². The highest BCUT2D eigenvalue weighted by molar-refractivity contribution is 5.12. The summed E-state index contributed by atoms with van der Waals surface area (Å²) in [5.41, 5.74) is -0.338. The third-order valence-electron chi connectivity index (χ3n) is 6.85. The summed E-state index contributed by atoms with van der Waals surface area (Å²) in [6.45, 7) is 4.36. The zero-order valence-electron chi connectivity index (χ0n) is 12.7. The van der Waals surface area contributed by atoms with Gasteiger partial charge in [-0.3, -0.25) is 4.70 Å². The summed E-state index contributed by atoms with van der Waals surface area (Å²) in [6, 6.07) is 0. The van der Waals surface area contributed by atoms with Crippen LogP contribution in [0.4, 0.5) is 4.70 Å². The molecule has 0 aromatic heterocycles. The molecule has 5 heteroatoms. The molecule has 0 N–H and O–H groups in total. The maximum atomic E-state index is 6.32. The van der Waals surface area contributed by atoms with Gasteiger partial charge in [-0.05, 0) is 56.8 Å². The van der Waals surface area contributed by atoms with E-state index in [0.29, 0.717) is 29.8 Å². The Morgan fingerprint density at radius 1 is 0.955 bits per heavy atom. The van der Waals surface area contributed by atoms with E-state index in [1.165, 1.54) is 25.7 Å². The Balaban J connectivity index is 0.000000720. The van der Waals surface area contributed by atoms with E-state index in [1.54, 1.807) is 0 Å². The van der Waals surface area contributed by atoms with Gasteiger partial charge in [0.1, 0.15) is 0 Å². The first kappa shape index (κ1) is 16.6. The molecule has 8 atom stereocenters. The van der Waals surface area contributed by atoms with Gasteiger partial charge in [0.2, 0.25) is 5.79 Å². The third kappa shape index (κ3) is 1.83. The van der Waals surface area contributed by atoms with Crippen molar-refractivity contribution in [2.75, 3.05) is 0 Å². The van der Waals surface area contributed by atoms with Gasteiger partial charge in [-0.25, -0.2) is 9.78 Å². The van der Waals surface area contributed by atoms with Gasteiger partial charge >= 0.3 is 0 Å². The lowest BCUT2D eigenvalue weighted by molar-refractivity contribution is -0.574. The Kier molecular flexibility index (Phi) is 3.88. The molecule has 2 aliphatic carbocycles. The molecule has 2 saturated carbocycles. The van der Waals surface area contributed by atoms with Gasteiger partial charge in [0, 0.05) is 12.3 Å². The summed E-state index contributed by atoms with van der Waals surface area (Å²) in [6.07, 6.45) is 7.24. The molecule has 128 valence electrons. The second-order valence-electron chi connectivity index (χ2n) is 7.83. The minimum Gasteiger partial charge on any atom is -0.346 e. The van der Waals surface area contributed by atoms with Crippen molar-refractivity contribution in [2.24, 2.45) is 23.7 Å². The van der Waals surface area contributed by atoms with Crippen LogP contribution < -0.4 is 0 Å². The number of halogens is 1. The molecule has 4 heterocycles. The maximum absolute atomic E-state index is 6.32. The average Bonchev–Trinajstić information content (AvgIpc) is 2.62. The van der Waals surface area contributed by atoms with Crippen molar-refractivity contribution in [2.45, 2.75) is 83.6 Å². The molecule has 6 rings (SSSR count). The van der Waals surface area contributed by atoms with Crippen LogP contribution in [0.2, 0.25) is 0 Å². The van der Waals surface area contributed by atoms with Crippen LogP contribution in [0.1, 0.15) is 59.8 Å². The van der Waals surface area contributed by atoms with Crippen molar-refractivity contribution in [3.05, 3.63) is 0 Å². The van der Waals surface area contributed by atoms with E-state index in [9.17, 15) is 0 Å². The zero-order chi connectivity index (χ0) is 13.5. The lowest BCUT2D eigenvalue weighted by Crippen LogP contribution is -2.72. The summed E-state index contributed by atoms with van der Waals surface area (Å²) in [4.78, 5) is 11.9. The Labute approximate surface area is 132 Å². The van der Waals surface area contributed by atoms with Gasteiger partial charge in [-0.1, -0.05) is 14.4 Å². The van der Waals surface area contributed by atoms with E-state index < -0.39 is 5.79 Å². The quantitative estimate of drug-likeness (QED) is 0.637. The number of fused-ring (bicyclic) bond motifs is 4. The van der Waals surface area contributed by atoms with Crippen LogP contribution in [0.3, 0.4) is 0 Å². The normalized spacial score (nSPS) is 58.1. The monoisotopic (exact) mass is 316 g/mol. The molecular weight excluding hydrogens is 287 g/mol. The summed E-state index contributed by atoms with van der Waals surface area (Å²) in [5, 5.41) is 0. The van der Waals surface area contributed by atoms with Gasteiger partial charge in [0.15, 0.2) is 11.9 Å². The maximum Gasteiger partial charge on any atom is 0.201 e. The van der Waals surface area contributed by atoms with Crippen LogP contribution >= 0.6 is 0 Å². The largest absolute Gasteiger partial charge is 0.346 e. The molecule has 0 aromatic carbocycles. The second-order valence-corrected chi connectivity index (χ2v) is 7.83. The number of hydrogen-bond donors (Lipinski definition) is 0. The molecule has 1 spiro atoms. The molecule has 0 radical (unpaired) electrons. The minimum absolute atomic E-state index is 0. The molecule has 0 aromatic rings. The van der Waals surface area contributed by atoms with Crippen molar-refractivity contribution >= 4 is 0 Å².